The van der Waals surface area contributed by atoms with Crippen LogP contribution in [0.2, 0.25) is 0 Å². The number of nitrogens with zero attached hydrogens (tertiary/aromatic N) is 5. The molecule has 4 aromatic heterocycles. The van der Waals surface area contributed by atoms with Crippen LogP contribution in [0.5, 0.6) is 0 Å². The van der Waals surface area contributed by atoms with Gasteiger partial charge >= 0.3 is 0 Å². The molecule has 0 fully saturated rings. The third-order valence-electron chi connectivity index (χ3n) is 20.5. The summed E-state index contributed by atoms with van der Waals surface area (Å²) in [5.41, 5.74) is 29.7. The molecule has 91 heavy (non-hydrogen) atoms. The molecule has 0 aliphatic heterocycles. The zero-order valence-electron chi connectivity index (χ0n) is 50.9. The van der Waals surface area contributed by atoms with Crippen molar-refractivity contribution >= 4 is 76.3 Å². The van der Waals surface area contributed by atoms with Gasteiger partial charge in [0, 0.05) is 76.7 Å². The van der Waals surface area contributed by atoms with Crippen LogP contribution in [0.3, 0.4) is 0 Å². The van der Waals surface area contributed by atoms with Crippen molar-refractivity contribution in [3.05, 3.63) is 307 Å². The van der Waals surface area contributed by atoms with Crippen molar-refractivity contribution in [3.63, 3.8) is 0 Å². The SMILES string of the molecule is CC1(C)c2ccccc2-c2ccc(-n3c4ccccc4c4cc(-c5ccc6c(c5)c5cc(-c7ccc8c(c7)c7ccccc7n8-c7ccc(-c8nc(-c9ccccc9)c9ccccc9n8)cc7)ccc5n6-c5ccc6c(c5)C(C)(C)c5ccccc5-6)ccc43)cc21. The minimum absolute atomic E-state index is 0.101. The fraction of sp³-hybridized carbons (Fsp3) is 0.0698. The van der Waals surface area contributed by atoms with E-state index < -0.39 is 0 Å². The van der Waals surface area contributed by atoms with E-state index in [1.165, 1.54) is 127 Å². The fourth-order valence-electron chi connectivity index (χ4n) is 16.0. The molecule has 0 unspecified atom stereocenters. The summed E-state index contributed by atoms with van der Waals surface area (Å²) < 4.78 is 7.37. The average molecular weight is 1160 g/mol. The maximum Gasteiger partial charge on any atom is 0.160 e. The summed E-state index contributed by atoms with van der Waals surface area (Å²) in [6.45, 7) is 9.48. The highest BCUT2D eigenvalue weighted by Gasteiger charge is 2.37. The largest absolute Gasteiger partial charge is 0.309 e. The van der Waals surface area contributed by atoms with Crippen LogP contribution in [0.1, 0.15) is 49.9 Å². The van der Waals surface area contributed by atoms with Crippen LogP contribution in [0.4, 0.5) is 0 Å². The molecule has 4 heterocycles. The van der Waals surface area contributed by atoms with Gasteiger partial charge in [-0.05, 0) is 182 Å². The smallest absolute Gasteiger partial charge is 0.160 e. The van der Waals surface area contributed by atoms with Crippen molar-refractivity contribution in [1.29, 1.82) is 0 Å². The third kappa shape index (κ3) is 7.52. The van der Waals surface area contributed by atoms with Gasteiger partial charge in [0.05, 0.1) is 44.3 Å². The van der Waals surface area contributed by atoms with Crippen molar-refractivity contribution < 1.29 is 0 Å². The molecule has 13 aromatic carbocycles. The molecule has 0 N–H and O–H groups in total. The predicted octanol–water partition coefficient (Wildman–Crippen LogP) is 22.2. The second-order valence-corrected chi connectivity index (χ2v) is 26.1. The second-order valence-electron chi connectivity index (χ2n) is 26.1. The van der Waals surface area contributed by atoms with E-state index in [0.717, 1.165) is 50.1 Å². The highest BCUT2D eigenvalue weighted by atomic mass is 15.0. The van der Waals surface area contributed by atoms with Gasteiger partial charge in [-0.1, -0.05) is 198 Å². The Morgan fingerprint density at radius 2 is 0.604 bits per heavy atom. The van der Waals surface area contributed by atoms with Gasteiger partial charge in [0.15, 0.2) is 5.82 Å². The van der Waals surface area contributed by atoms with Crippen molar-refractivity contribution in [1.82, 2.24) is 23.7 Å². The second kappa shape index (κ2) is 19.1. The molecule has 0 spiro atoms. The average Bonchev–Trinajstić information content (AvgIpc) is 1.65. The van der Waals surface area contributed by atoms with E-state index in [4.69, 9.17) is 9.97 Å². The zero-order chi connectivity index (χ0) is 60.4. The van der Waals surface area contributed by atoms with Crippen LogP contribution in [-0.2, 0) is 10.8 Å². The molecule has 2 aliphatic carbocycles. The first-order valence-corrected chi connectivity index (χ1v) is 31.7. The molecule has 2 aliphatic rings. The Hall–Kier alpha value is -11.4. The molecule has 5 nitrogen and oxygen atoms in total. The van der Waals surface area contributed by atoms with E-state index in [2.05, 4.69) is 314 Å². The first-order valence-electron chi connectivity index (χ1n) is 31.7. The predicted molar refractivity (Wildman–Crippen MR) is 379 cm³/mol. The van der Waals surface area contributed by atoms with Crippen molar-refractivity contribution in [2.24, 2.45) is 0 Å². The lowest BCUT2D eigenvalue weighted by Crippen LogP contribution is -2.15. The van der Waals surface area contributed by atoms with Gasteiger partial charge in [-0.2, -0.15) is 0 Å². The molecule has 5 heteroatoms. The summed E-state index contributed by atoms with van der Waals surface area (Å²) in [6, 6.07) is 106. The van der Waals surface area contributed by atoms with E-state index in [9.17, 15) is 0 Å². The van der Waals surface area contributed by atoms with Crippen LogP contribution >= 0.6 is 0 Å². The van der Waals surface area contributed by atoms with E-state index in [1.807, 2.05) is 12.1 Å². The minimum atomic E-state index is -0.142. The minimum Gasteiger partial charge on any atom is -0.309 e. The summed E-state index contributed by atoms with van der Waals surface area (Å²) in [4.78, 5) is 10.3. The number of para-hydroxylation sites is 3. The van der Waals surface area contributed by atoms with Crippen LogP contribution in [0.25, 0.3) is 161 Å². The first kappa shape index (κ1) is 51.6. The summed E-state index contributed by atoms with van der Waals surface area (Å²) >= 11 is 0. The molecule has 0 saturated heterocycles. The van der Waals surface area contributed by atoms with E-state index in [0.29, 0.717) is 5.82 Å². The Labute approximate surface area is 527 Å². The number of aromatic nitrogens is 5. The van der Waals surface area contributed by atoms with Crippen LogP contribution in [-0.4, -0.2) is 23.7 Å². The first-order chi connectivity index (χ1) is 44.6. The van der Waals surface area contributed by atoms with Gasteiger partial charge in [-0.25, -0.2) is 9.97 Å². The number of benzene rings is 13. The molecule has 0 amide bonds. The van der Waals surface area contributed by atoms with Crippen LogP contribution < -0.4 is 0 Å². The van der Waals surface area contributed by atoms with Gasteiger partial charge in [-0.15, -0.1) is 0 Å². The topological polar surface area (TPSA) is 40.6 Å². The Morgan fingerprint density at radius 1 is 0.242 bits per heavy atom. The molecule has 0 atom stereocenters. The van der Waals surface area contributed by atoms with E-state index in [-0.39, 0.29) is 10.8 Å². The van der Waals surface area contributed by atoms with Gasteiger partial charge in [0.2, 0.25) is 0 Å². The monoisotopic (exact) mass is 1160 g/mol. The lowest BCUT2D eigenvalue weighted by atomic mass is 9.82. The number of hydrogen-bond donors (Lipinski definition) is 0. The molecule has 0 bridgehead atoms. The maximum atomic E-state index is 5.19. The molecular weight excluding hydrogens is 1100 g/mol. The Balaban J connectivity index is 0.742. The summed E-state index contributed by atoms with van der Waals surface area (Å²) in [7, 11) is 0. The fourth-order valence-corrected chi connectivity index (χ4v) is 16.0. The molecule has 19 rings (SSSR count). The van der Waals surface area contributed by atoms with Crippen molar-refractivity contribution in [2.45, 2.75) is 38.5 Å². The molecular formula is C86H59N5. The lowest BCUT2D eigenvalue weighted by molar-refractivity contribution is 0.660. The molecule has 17 aromatic rings. The molecule has 0 radical (unpaired) electrons. The van der Waals surface area contributed by atoms with Gasteiger partial charge < -0.3 is 13.7 Å². The van der Waals surface area contributed by atoms with Gasteiger partial charge in [0.25, 0.3) is 0 Å². The molecule has 0 saturated carbocycles. The van der Waals surface area contributed by atoms with Crippen molar-refractivity contribution in [3.8, 4) is 84.2 Å². The Morgan fingerprint density at radius 3 is 1.10 bits per heavy atom. The quantitative estimate of drug-likeness (QED) is 0.160. The number of rotatable bonds is 7. The van der Waals surface area contributed by atoms with E-state index >= 15 is 0 Å². The van der Waals surface area contributed by atoms with E-state index in [1.54, 1.807) is 0 Å². The maximum absolute atomic E-state index is 5.19. The third-order valence-corrected chi connectivity index (χ3v) is 20.5. The number of hydrogen-bond acceptors (Lipinski definition) is 2. The van der Waals surface area contributed by atoms with Crippen LogP contribution in [0.15, 0.2) is 285 Å². The summed E-state index contributed by atoms with van der Waals surface area (Å²) in [5.74, 6) is 0.707. The zero-order valence-corrected chi connectivity index (χ0v) is 50.9. The highest BCUT2D eigenvalue weighted by Crippen LogP contribution is 2.52. The molecule has 428 valence electrons. The Kier molecular flexibility index (Phi) is 10.8. The highest BCUT2D eigenvalue weighted by molar-refractivity contribution is 6.15. The standard InChI is InChI=1S/C86H59N5/c1-85(2)72-25-13-8-20-61(72)63-40-38-59(50-74(63)85)90-78-29-17-12-23-66(78)69-47-55(33-43-80(69)90)57-35-45-82-71(49-57)70-48-56(34-44-81(70)91(82)60-39-41-64-62-21-9-14-26-73(62)86(3,4)75(64)51-60)54-32-42-79-68(46-54)65-22-11-16-28-77(65)89(79)58-36-30-53(31-37-58)84-87-76-27-15-10-24-67(76)83(88-84)52-18-6-5-7-19-52/h5-51H,1-4H3. The number of fused-ring (bicyclic) bond motifs is 16. The van der Waals surface area contributed by atoms with Crippen LogP contribution in [0, 0.1) is 0 Å². The van der Waals surface area contributed by atoms with Gasteiger partial charge in [0.1, 0.15) is 0 Å². The normalized spacial score (nSPS) is 13.7. The van der Waals surface area contributed by atoms with Crippen molar-refractivity contribution in [2.75, 3.05) is 0 Å². The van der Waals surface area contributed by atoms with Gasteiger partial charge in [-0.3, -0.25) is 0 Å². The lowest BCUT2D eigenvalue weighted by Gasteiger charge is -2.22. The summed E-state index contributed by atoms with van der Waals surface area (Å²) in [5, 5.41) is 8.37. The Bertz CT molecular complexity index is 5950. The summed E-state index contributed by atoms with van der Waals surface area (Å²) in [6.07, 6.45) is 0.